The highest BCUT2D eigenvalue weighted by Gasteiger charge is 2.44. The molecule has 3 aromatic carbocycles. The average Bonchev–Trinajstić information content (AvgIpc) is 3.25. The zero-order chi connectivity index (χ0) is 34.6. The van der Waals surface area contributed by atoms with Crippen molar-refractivity contribution in [3.8, 4) is 11.1 Å². The van der Waals surface area contributed by atoms with Gasteiger partial charge in [-0.05, 0) is 96.3 Å². The van der Waals surface area contributed by atoms with Crippen molar-refractivity contribution in [2.45, 2.75) is 64.5 Å². The highest BCUT2D eigenvalue weighted by molar-refractivity contribution is 5.88. The summed E-state index contributed by atoms with van der Waals surface area (Å²) in [6, 6.07) is 7.34. The van der Waals surface area contributed by atoms with Crippen molar-refractivity contribution in [2.75, 3.05) is 6.54 Å². The summed E-state index contributed by atoms with van der Waals surface area (Å²) in [5.41, 5.74) is -2.56. The number of carboxylic acids is 1. The monoisotopic (exact) mass is 667 g/mol. The van der Waals surface area contributed by atoms with Crippen LogP contribution in [0.4, 0.5) is 39.9 Å². The minimum Gasteiger partial charge on any atom is -0.478 e. The molecule has 2 atom stereocenters. The van der Waals surface area contributed by atoms with Crippen LogP contribution >= 0.6 is 0 Å². The lowest BCUT2D eigenvalue weighted by Crippen LogP contribution is -2.35. The number of nitrogens with zero attached hydrogens (tertiary/aromatic N) is 1. The standard InChI is InChI=1S/C34H29F8NO4/c1-17-29(20-10-22(33(37,38)39)14-23(11-20)34(40,41)42)47-31(46)43(17)16-21-15-32(2,3)9-8-24(21)26-12-18(5-7-27(26)35)25-6-4-19(30(44)45)13-28(25)36/h4-7,10-14,17,29H,8-9,15-16H2,1-3H3,(H,44,45)/t17-,29-/m0/s1. The summed E-state index contributed by atoms with van der Waals surface area (Å²) in [5.74, 6) is -2.79. The molecule has 1 fully saturated rings. The molecule has 0 saturated carbocycles. The van der Waals surface area contributed by atoms with E-state index in [9.17, 15) is 40.3 Å². The number of carbonyl (C=O) groups is 2. The highest BCUT2D eigenvalue weighted by Crippen LogP contribution is 2.46. The molecule has 0 aromatic heterocycles. The van der Waals surface area contributed by atoms with Gasteiger partial charge in [-0.1, -0.05) is 26.0 Å². The first-order valence-corrected chi connectivity index (χ1v) is 14.6. The van der Waals surface area contributed by atoms with E-state index < -0.39 is 64.9 Å². The minimum atomic E-state index is -5.09. The van der Waals surface area contributed by atoms with Crippen molar-refractivity contribution >= 4 is 17.6 Å². The smallest absolute Gasteiger partial charge is 0.416 e. The van der Waals surface area contributed by atoms with Gasteiger partial charge in [0.1, 0.15) is 17.7 Å². The average molecular weight is 668 g/mol. The van der Waals surface area contributed by atoms with Gasteiger partial charge in [-0.2, -0.15) is 26.3 Å². The van der Waals surface area contributed by atoms with Crippen LogP contribution in [0.1, 0.15) is 78.7 Å². The second kappa shape index (κ2) is 12.0. The predicted molar refractivity (Wildman–Crippen MR) is 155 cm³/mol. The lowest BCUT2D eigenvalue weighted by atomic mass is 9.72. The van der Waals surface area contributed by atoms with Gasteiger partial charge in [-0.15, -0.1) is 0 Å². The summed E-state index contributed by atoms with van der Waals surface area (Å²) >= 11 is 0. The first-order chi connectivity index (χ1) is 21.7. The van der Waals surface area contributed by atoms with Crippen LogP contribution in [-0.4, -0.2) is 34.7 Å². The molecule has 0 bridgehead atoms. The van der Waals surface area contributed by atoms with Crippen molar-refractivity contribution in [2.24, 2.45) is 5.41 Å². The fraction of sp³-hybridized carbons (Fsp3) is 0.353. The molecule has 13 heteroatoms. The Kier molecular flexibility index (Phi) is 8.65. The maximum atomic E-state index is 15.4. The van der Waals surface area contributed by atoms with E-state index in [4.69, 9.17) is 9.84 Å². The zero-order valence-corrected chi connectivity index (χ0v) is 25.3. The number of rotatable bonds is 6. The van der Waals surface area contributed by atoms with Crippen LogP contribution in [-0.2, 0) is 17.1 Å². The molecule has 2 aliphatic rings. The summed E-state index contributed by atoms with van der Waals surface area (Å²) in [6.45, 7) is 5.23. The number of alkyl halides is 6. The molecule has 5 nitrogen and oxygen atoms in total. The number of aromatic carboxylic acids is 1. The van der Waals surface area contributed by atoms with E-state index in [1.54, 1.807) is 0 Å². The predicted octanol–water partition coefficient (Wildman–Crippen LogP) is 9.91. The van der Waals surface area contributed by atoms with Gasteiger partial charge in [0.25, 0.3) is 0 Å². The maximum Gasteiger partial charge on any atom is 0.416 e. The molecule has 3 aromatic rings. The minimum absolute atomic E-state index is 0.00104. The van der Waals surface area contributed by atoms with Crippen molar-refractivity contribution in [1.82, 2.24) is 4.90 Å². The molecule has 1 aliphatic heterocycles. The van der Waals surface area contributed by atoms with Crippen molar-refractivity contribution in [3.63, 3.8) is 0 Å². The number of hydrogen-bond acceptors (Lipinski definition) is 3. The Hall–Kier alpha value is -4.42. The number of benzene rings is 3. The van der Waals surface area contributed by atoms with Crippen LogP contribution in [0.5, 0.6) is 0 Å². The van der Waals surface area contributed by atoms with E-state index >= 15 is 4.39 Å². The van der Waals surface area contributed by atoms with Crippen LogP contribution < -0.4 is 0 Å². The molecule has 1 aliphatic carbocycles. The Morgan fingerprint density at radius 1 is 0.915 bits per heavy atom. The van der Waals surface area contributed by atoms with Gasteiger partial charge in [0.15, 0.2) is 0 Å². The fourth-order valence-corrected chi connectivity index (χ4v) is 6.20. The van der Waals surface area contributed by atoms with Crippen LogP contribution in [0.3, 0.4) is 0 Å². The Morgan fingerprint density at radius 3 is 2.13 bits per heavy atom. The number of carboxylic acid groups (broad SMARTS) is 1. The second-order valence-corrected chi connectivity index (χ2v) is 12.6. The van der Waals surface area contributed by atoms with E-state index in [-0.39, 0.29) is 40.3 Å². The van der Waals surface area contributed by atoms with Crippen molar-refractivity contribution in [3.05, 3.63) is 99.6 Å². The number of halogens is 8. The number of hydrogen-bond donors (Lipinski definition) is 1. The zero-order valence-electron chi connectivity index (χ0n) is 25.3. The summed E-state index contributed by atoms with van der Waals surface area (Å²) in [7, 11) is 0. The van der Waals surface area contributed by atoms with Crippen molar-refractivity contribution in [1.29, 1.82) is 0 Å². The maximum absolute atomic E-state index is 15.4. The molecule has 1 heterocycles. The number of amides is 1. The summed E-state index contributed by atoms with van der Waals surface area (Å²) in [4.78, 5) is 25.5. The van der Waals surface area contributed by atoms with E-state index in [2.05, 4.69) is 0 Å². The quantitative estimate of drug-likeness (QED) is 0.266. The lowest BCUT2D eigenvalue weighted by Gasteiger charge is -2.35. The van der Waals surface area contributed by atoms with E-state index in [0.29, 0.717) is 42.5 Å². The van der Waals surface area contributed by atoms with Gasteiger partial charge >= 0.3 is 24.4 Å². The largest absolute Gasteiger partial charge is 0.478 e. The number of carbonyl (C=O) groups excluding carboxylic acids is 1. The number of ether oxygens (including phenoxy) is 1. The molecule has 47 heavy (non-hydrogen) atoms. The molecule has 0 unspecified atom stereocenters. The summed E-state index contributed by atoms with van der Waals surface area (Å²) in [6.07, 6.45) is -11.3. The number of allylic oxidation sites excluding steroid dienone is 1. The molecule has 1 saturated heterocycles. The molecule has 1 N–H and O–H groups in total. The lowest BCUT2D eigenvalue weighted by molar-refractivity contribution is -0.143. The third kappa shape index (κ3) is 6.98. The van der Waals surface area contributed by atoms with E-state index in [1.165, 1.54) is 36.1 Å². The fourth-order valence-electron chi connectivity index (χ4n) is 6.20. The number of cyclic esters (lactones) is 1. The Balaban J connectivity index is 1.53. The van der Waals surface area contributed by atoms with Gasteiger partial charge in [0, 0.05) is 17.7 Å². The van der Waals surface area contributed by atoms with Crippen LogP contribution in [0.2, 0.25) is 0 Å². The van der Waals surface area contributed by atoms with Crippen LogP contribution in [0, 0.1) is 17.0 Å². The summed E-state index contributed by atoms with van der Waals surface area (Å²) in [5, 5.41) is 9.17. The highest BCUT2D eigenvalue weighted by atomic mass is 19.4. The Labute approximate surface area is 264 Å². The van der Waals surface area contributed by atoms with Crippen molar-refractivity contribution < 1.29 is 54.6 Å². The molecular formula is C34H29F8NO4. The van der Waals surface area contributed by atoms with E-state index in [1.807, 2.05) is 13.8 Å². The second-order valence-electron chi connectivity index (χ2n) is 12.6. The Bertz CT molecular complexity index is 1740. The third-order valence-electron chi connectivity index (χ3n) is 8.68. The van der Waals surface area contributed by atoms with Gasteiger partial charge in [-0.3, -0.25) is 4.90 Å². The van der Waals surface area contributed by atoms with Gasteiger partial charge in [0.2, 0.25) is 0 Å². The van der Waals surface area contributed by atoms with Gasteiger partial charge in [-0.25, -0.2) is 18.4 Å². The molecule has 250 valence electrons. The first kappa shape index (κ1) is 33.9. The molecule has 0 radical (unpaired) electrons. The SMILES string of the molecule is C[C@H]1[C@@H](c2cc(C(F)(F)F)cc(C(F)(F)F)c2)OC(=O)N1CC1=C(c2cc(-c3ccc(C(=O)O)cc3F)ccc2F)CCC(C)(C)C1. The third-order valence-corrected chi connectivity index (χ3v) is 8.68. The molecule has 5 rings (SSSR count). The van der Waals surface area contributed by atoms with Crippen LogP contribution in [0.15, 0.2) is 60.2 Å². The van der Waals surface area contributed by atoms with Gasteiger partial charge in [0.05, 0.1) is 22.7 Å². The summed E-state index contributed by atoms with van der Waals surface area (Å²) < 4.78 is 117. The molecular weight excluding hydrogens is 638 g/mol. The van der Waals surface area contributed by atoms with Gasteiger partial charge < -0.3 is 9.84 Å². The topological polar surface area (TPSA) is 66.8 Å². The normalized spacial score (nSPS) is 20.1. The van der Waals surface area contributed by atoms with Crippen LogP contribution in [0.25, 0.3) is 16.7 Å². The van der Waals surface area contributed by atoms with E-state index in [0.717, 1.165) is 12.1 Å². The Morgan fingerprint density at radius 2 is 1.55 bits per heavy atom. The molecule has 0 spiro atoms. The molecule has 1 amide bonds. The first-order valence-electron chi connectivity index (χ1n) is 14.6.